The summed E-state index contributed by atoms with van der Waals surface area (Å²) >= 11 is 0. The van der Waals surface area contributed by atoms with Crippen LogP contribution in [0.15, 0.2) is 0 Å². The van der Waals surface area contributed by atoms with E-state index in [4.69, 9.17) is 5.84 Å². The lowest BCUT2D eigenvalue weighted by Crippen LogP contribution is -2.47. The number of amides is 2. The molecule has 2 amide bonds. The second-order valence-electron chi connectivity index (χ2n) is 2.83. The summed E-state index contributed by atoms with van der Waals surface area (Å²) < 4.78 is 0. The Kier molecular flexibility index (Phi) is 3.04. The predicted octanol–water partition coefficient (Wildman–Crippen LogP) is -1.01. The Balaban J connectivity index is 2.45. The molecule has 0 atom stereocenters. The largest absolute Gasteiger partial charge is 0.334 e. The molecule has 1 heterocycles. The van der Waals surface area contributed by atoms with Gasteiger partial charge >= 0.3 is 11.8 Å². The van der Waals surface area contributed by atoms with Gasteiger partial charge in [-0.25, -0.2) is 5.84 Å². The third-order valence-corrected chi connectivity index (χ3v) is 1.97. The number of piperidine rings is 1. The molecule has 1 aliphatic rings. The molecule has 0 unspecified atom stereocenters. The maximum Gasteiger partial charge on any atom is 0.323 e. The van der Waals surface area contributed by atoms with E-state index in [1.807, 2.05) is 5.43 Å². The fraction of sp³-hybridized carbons (Fsp3) is 0.714. The maximum atomic E-state index is 11.2. The zero-order chi connectivity index (χ0) is 8.97. The lowest BCUT2D eigenvalue weighted by atomic mass is 10.1. The number of hydrazine groups is 1. The Bertz CT molecular complexity index is 187. The lowest BCUT2D eigenvalue weighted by molar-refractivity contribution is -0.146. The molecular weight excluding hydrogens is 158 g/mol. The van der Waals surface area contributed by atoms with Crippen molar-refractivity contribution in [3.05, 3.63) is 0 Å². The van der Waals surface area contributed by atoms with Gasteiger partial charge in [-0.15, -0.1) is 0 Å². The Morgan fingerprint density at radius 1 is 1.17 bits per heavy atom. The zero-order valence-corrected chi connectivity index (χ0v) is 6.88. The van der Waals surface area contributed by atoms with Crippen LogP contribution < -0.4 is 11.3 Å². The summed E-state index contributed by atoms with van der Waals surface area (Å²) in [6.45, 7) is 1.35. The van der Waals surface area contributed by atoms with E-state index in [2.05, 4.69) is 0 Å². The molecule has 0 aromatic carbocycles. The summed E-state index contributed by atoms with van der Waals surface area (Å²) in [5, 5.41) is 0. The summed E-state index contributed by atoms with van der Waals surface area (Å²) in [6, 6.07) is 0. The molecule has 1 fully saturated rings. The van der Waals surface area contributed by atoms with Crippen molar-refractivity contribution < 1.29 is 9.59 Å². The number of likely N-dealkylation sites (tertiary alicyclic amines) is 1. The summed E-state index contributed by atoms with van der Waals surface area (Å²) in [7, 11) is 0. The molecule has 0 radical (unpaired) electrons. The van der Waals surface area contributed by atoms with Crippen molar-refractivity contribution in [1.29, 1.82) is 0 Å². The van der Waals surface area contributed by atoms with E-state index in [1.54, 1.807) is 0 Å². The summed E-state index contributed by atoms with van der Waals surface area (Å²) in [5.41, 5.74) is 1.83. The highest BCUT2D eigenvalue weighted by Gasteiger charge is 2.21. The van der Waals surface area contributed by atoms with E-state index in [0.29, 0.717) is 13.1 Å². The average molecular weight is 171 g/mol. The van der Waals surface area contributed by atoms with Gasteiger partial charge < -0.3 is 4.90 Å². The van der Waals surface area contributed by atoms with Gasteiger partial charge in [-0.3, -0.25) is 15.0 Å². The summed E-state index contributed by atoms with van der Waals surface area (Å²) in [5.74, 6) is 3.59. The first-order valence-corrected chi connectivity index (χ1v) is 4.05. The Morgan fingerprint density at radius 2 is 1.75 bits per heavy atom. The van der Waals surface area contributed by atoms with Crippen LogP contribution in [0.4, 0.5) is 0 Å². The first kappa shape index (κ1) is 8.99. The van der Waals surface area contributed by atoms with E-state index in [9.17, 15) is 9.59 Å². The third-order valence-electron chi connectivity index (χ3n) is 1.97. The fourth-order valence-electron chi connectivity index (χ4n) is 1.30. The van der Waals surface area contributed by atoms with Crippen molar-refractivity contribution in [1.82, 2.24) is 10.3 Å². The molecule has 0 aromatic heterocycles. The number of nitrogens with zero attached hydrogens (tertiary/aromatic N) is 1. The van der Waals surface area contributed by atoms with Crippen molar-refractivity contribution >= 4 is 11.8 Å². The molecule has 5 nitrogen and oxygen atoms in total. The monoisotopic (exact) mass is 171 g/mol. The van der Waals surface area contributed by atoms with E-state index >= 15 is 0 Å². The number of hydrogen-bond donors (Lipinski definition) is 2. The normalized spacial score (nSPS) is 17.2. The first-order valence-electron chi connectivity index (χ1n) is 4.05. The van der Waals surface area contributed by atoms with Gasteiger partial charge in [0.2, 0.25) is 0 Å². The highest BCUT2D eigenvalue weighted by molar-refractivity contribution is 6.34. The van der Waals surface area contributed by atoms with Crippen LogP contribution in [0.2, 0.25) is 0 Å². The third kappa shape index (κ3) is 1.94. The average Bonchev–Trinajstić information content (AvgIpc) is 2.17. The predicted molar refractivity (Wildman–Crippen MR) is 42.8 cm³/mol. The Morgan fingerprint density at radius 3 is 2.25 bits per heavy atom. The van der Waals surface area contributed by atoms with Gasteiger partial charge in [0.15, 0.2) is 0 Å². The van der Waals surface area contributed by atoms with E-state index < -0.39 is 11.8 Å². The SMILES string of the molecule is NNC(=O)C(=O)N1CCCCC1. The molecule has 12 heavy (non-hydrogen) atoms. The van der Waals surface area contributed by atoms with Crippen LogP contribution in [-0.2, 0) is 9.59 Å². The number of hydrogen-bond acceptors (Lipinski definition) is 3. The quantitative estimate of drug-likeness (QED) is 0.212. The number of carbonyl (C=O) groups excluding carboxylic acids is 2. The van der Waals surface area contributed by atoms with Gasteiger partial charge in [0.25, 0.3) is 0 Å². The smallest absolute Gasteiger partial charge is 0.323 e. The minimum absolute atomic E-state index is 0.516. The summed E-state index contributed by atoms with van der Waals surface area (Å²) in [4.78, 5) is 23.5. The molecule has 1 rings (SSSR count). The van der Waals surface area contributed by atoms with E-state index in [1.165, 1.54) is 4.90 Å². The van der Waals surface area contributed by atoms with E-state index in [0.717, 1.165) is 19.3 Å². The van der Waals surface area contributed by atoms with Crippen molar-refractivity contribution in [3.63, 3.8) is 0 Å². The fourth-order valence-corrected chi connectivity index (χ4v) is 1.30. The molecular formula is C7H13N3O2. The maximum absolute atomic E-state index is 11.2. The van der Waals surface area contributed by atoms with Crippen molar-refractivity contribution in [2.75, 3.05) is 13.1 Å². The molecule has 0 aliphatic carbocycles. The minimum Gasteiger partial charge on any atom is -0.334 e. The molecule has 1 saturated heterocycles. The number of carbonyl (C=O) groups is 2. The van der Waals surface area contributed by atoms with Crippen LogP contribution in [-0.4, -0.2) is 29.8 Å². The zero-order valence-electron chi connectivity index (χ0n) is 6.88. The highest BCUT2D eigenvalue weighted by atomic mass is 16.2. The molecule has 0 spiro atoms. The second-order valence-corrected chi connectivity index (χ2v) is 2.83. The van der Waals surface area contributed by atoms with Gasteiger partial charge in [0.1, 0.15) is 0 Å². The van der Waals surface area contributed by atoms with Crippen molar-refractivity contribution in [2.45, 2.75) is 19.3 Å². The van der Waals surface area contributed by atoms with Crippen LogP contribution in [0.25, 0.3) is 0 Å². The molecule has 5 heteroatoms. The van der Waals surface area contributed by atoms with Gasteiger partial charge in [-0.05, 0) is 19.3 Å². The highest BCUT2D eigenvalue weighted by Crippen LogP contribution is 2.08. The molecule has 0 aromatic rings. The van der Waals surface area contributed by atoms with E-state index in [-0.39, 0.29) is 0 Å². The molecule has 0 bridgehead atoms. The minimum atomic E-state index is -0.725. The van der Waals surface area contributed by atoms with Crippen LogP contribution >= 0.6 is 0 Å². The van der Waals surface area contributed by atoms with Gasteiger partial charge in [-0.2, -0.15) is 0 Å². The van der Waals surface area contributed by atoms with Crippen molar-refractivity contribution in [2.24, 2.45) is 5.84 Å². The van der Waals surface area contributed by atoms with Crippen LogP contribution in [0.5, 0.6) is 0 Å². The molecule has 68 valence electrons. The van der Waals surface area contributed by atoms with Gasteiger partial charge in [0.05, 0.1) is 0 Å². The Labute approximate surface area is 70.9 Å². The first-order chi connectivity index (χ1) is 5.75. The summed E-state index contributed by atoms with van der Waals surface area (Å²) in [6.07, 6.45) is 3.08. The van der Waals surface area contributed by atoms with Crippen LogP contribution in [0.1, 0.15) is 19.3 Å². The lowest BCUT2D eigenvalue weighted by Gasteiger charge is -2.25. The van der Waals surface area contributed by atoms with Crippen LogP contribution in [0.3, 0.4) is 0 Å². The number of nitrogens with one attached hydrogen (secondary N) is 1. The molecule has 0 saturated carbocycles. The van der Waals surface area contributed by atoms with Crippen molar-refractivity contribution in [3.8, 4) is 0 Å². The van der Waals surface area contributed by atoms with Crippen LogP contribution in [0, 0.1) is 0 Å². The van der Waals surface area contributed by atoms with Gasteiger partial charge in [-0.1, -0.05) is 0 Å². The number of nitrogens with two attached hydrogens (primary N) is 1. The van der Waals surface area contributed by atoms with Gasteiger partial charge in [0, 0.05) is 13.1 Å². The second kappa shape index (κ2) is 4.06. The Hall–Kier alpha value is -1.10. The topological polar surface area (TPSA) is 75.4 Å². The molecule has 1 aliphatic heterocycles. The number of rotatable bonds is 0. The standard InChI is InChI=1S/C7H13N3O2/c8-9-6(11)7(12)10-4-2-1-3-5-10/h1-5,8H2,(H,9,11). The molecule has 3 N–H and O–H groups in total.